The van der Waals surface area contributed by atoms with E-state index in [1.807, 2.05) is 0 Å². The highest BCUT2D eigenvalue weighted by atomic mass is 16.5. The third-order valence-electron chi connectivity index (χ3n) is 3.86. The van der Waals surface area contributed by atoms with Gasteiger partial charge in [0.25, 0.3) is 0 Å². The van der Waals surface area contributed by atoms with Gasteiger partial charge >= 0.3 is 5.97 Å². The first kappa shape index (κ1) is 15.5. The predicted octanol–water partition coefficient (Wildman–Crippen LogP) is 0.821. The van der Waals surface area contributed by atoms with Gasteiger partial charge in [0.05, 0.1) is 24.8 Å². The number of carboxylic acid groups (broad SMARTS) is 1. The molecule has 0 aliphatic carbocycles. The summed E-state index contributed by atoms with van der Waals surface area (Å²) >= 11 is 0. The Morgan fingerprint density at radius 1 is 1.57 bits per heavy atom. The van der Waals surface area contributed by atoms with Crippen molar-refractivity contribution < 1.29 is 19.4 Å². The van der Waals surface area contributed by atoms with Gasteiger partial charge < -0.3 is 14.7 Å². The minimum absolute atomic E-state index is 0.0235. The van der Waals surface area contributed by atoms with E-state index in [0.29, 0.717) is 32.4 Å². The first-order valence-corrected chi connectivity index (χ1v) is 7.04. The first-order valence-electron chi connectivity index (χ1n) is 7.04. The molecule has 21 heavy (non-hydrogen) atoms. The zero-order valence-corrected chi connectivity index (χ0v) is 12.4. The van der Waals surface area contributed by atoms with Crippen LogP contribution in [0.1, 0.15) is 30.9 Å². The molecule has 0 aromatic carbocycles. The van der Waals surface area contributed by atoms with Gasteiger partial charge in [0.2, 0.25) is 5.91 Å². The van der Waals surface area contributed by atoms with Crippen LogP contribution in [-0.4, -0.2) is 51.9 Å². The van der Waals surface area contributed by atoms with Crippen LogP contribution in [0.15, 0.2) is 12.4 Å². The molecule has 1 N–H and O–H groups in total. The summed E-state index contributed by atoms with van der Waals surface area (Å²) in [4.78, 5) is 25.6. The summed E-state index contributed by atoms with van der Waals surface area (Å²) in [5.74, 6) is -1.51. The number of rotatable bonds is 5. The molecule has 2 rings (SSSR count). The maximum absolute atomic E-state index is 12.3. The minimum atomic E-state index is -0.874. The van der Waals surface area contributed by atoms with E-state index < -0.39 is 17.9 Å². The molecule has 7 nitrogen and oxygen atoms in total. The van der Waals surface area contributed by atoms with E-state index in [9.17, 15) is 14.7 Å². The Morgan fingerprint density at radius 3 is 2.90 bits per heavy atom. The van der Waals surface area contributed by atoms with Gasteiger partial charge in [-0.25, -0.2) is 0 Å². The minimum Gasteiger partial charge on any atom is -0.481 e. The number of aliphatic carboxylic acids is 1. The summed E-state index contributed by atoms with van der Waals surface area (Å²) in [5, 5.41) is 13.6. The molecular weight excluding hydrogens is 274 g/mol. The molecular formula is C14H21N3O4. The van der Waals surface area contributed by atoms with Gasteiger partial charge in [-0.2, -0.15) is 5.10 Å². The Bertz CT molecular complexity index is 514. The lowest BCUT2D eigenvalue weighted by molar-refractivity contribution is -0.146. The van der Waals surface area contributed by atoms with Crippen LogP contribution < -0.4 is 0 Å². The van der Waals surface area contributed by atoms with E-state index in [0.717, 1.165) is 5.56 Å². The van der Waals surface area contributed by atoms with E-state index in [1.54, 1.807) is 36.1 Å². The van der Waals surface area contributed by atoms with Crippen molar-refractivity contribution >= 4 is 11.9 Å². The molecule has 1 aliphatic rings. The van der Waals surface area contributed by atoms with Crippen molar-refractivity contribution in [2.24, 2.45) is 13.0 Å². The highest BCUT2D eigenvalue weighted by Crippen LogP contribution is 2.35. The Hall–Kier alpha value is -1.89. The second-order valence-electron chi connectivity index (χ2n) is 5.31. The zero-order valence-electron chi connectivity index (χ0n) is 12.4. The lowest BCUT2D eigenvalue weighted by Gasteiger charge is -2.32. The molecule has 116 valence electrons. The van der Waals surface area contributed by atoms with Crippen LogP contribution in [0, 0.1) is 5.92 Å². The molecule has 1 aromatic rings. The van der Waals surface area contributed by atoms with Crippen molar-refractivity contribution in [1.82, 2.24) is 14.7 Å². The van der Waals surface area contributed by atoms with Crippen molar-refractivity contribution in [2.75, 3.05) is 20.3 Å². The molecule has 0 radical (unpaired) electrons. The number of carboxylic acids is 1. The van der Waals surface area contributed by atoms with Gasteiger partial charge in [0.15, 0.2) is 0 Å². The lowest BCUT2D eigenvalue weighted by atomic mass is 9.91. The zero-order chi connectivity index (χ0) is 15.4. The normalized spacial score (nSPS) is 23.1. The van der Waals surface area contributed by atoms with Gasteiger partial charge in [-0.05, 0) is 12.8 Å². The fourth-order valence-corrected chi connectivity index (χ4v) is 2.86. The highest BCUT2D eigenvalue weighted by molar-refractivity contribution is 5.79. The molecule has 0 saturated carbocycles. The van der Waals surface area contributed by atoms with Crippen LogP contribution in [0.3, 0.4) is 0 Å². The Kier molecular flexibility index (Phi) is 4.95. The van der Waals surface area contributed by atoms with E-state index in [2.05, 4.69) is 5.10 Å². The molecule has 1 amide bonds. The number of hydrogen-bond donors (Lipinski definition) is 1. The number of hydrogen-bond acceptors (Lipinski definition) is 4. The fourth-order valence-electron chi connectivity index (χ4n) is 2.86. The summed E-state index contributed by atoms with van der Waals surface area (Å²) in [5.41, 5.74) is 0.760. The predicted molar refractivity (Wildman–Crippen MR) is 74.5 cm³/mol. The molecule has 1 fully saturated rings. The Balaban J connectivity index is 2.38. The third kappa shape index (κ3) is 3.41. The fraction of sp³-hybridized carbons (Fsp3) is 0.643. The van der Waals surface area contributed by atoms with Crippen molar-refractivity contribution in [3.63, 3.8) is 0 Å². The molecule has 1 aromatic heterocycles. The number of aryl methyl sites for hydroxylation is 1. The highest BCUT2D eigenvalue weighted by Gasteiger charge is 2.39. The average Bonchev–Trinajstić information content (AvgIpc) is 2.78. The number of amides is 1. The molecule has 7 heteroatoms. The quantitative estimate of drug-likeness (QED) is 0.869. The first-order chi connectivity index (χ1) is 10.0. The standard InChI is InChI=1S/C14H21N3O4/c1-16-9-10(8-15-16)13-11(14(19)20)4-3-5-12(18)17(13)6-7-21-2/h8-9,11,13H,3-7H2,1-2H3,(H,19,20). The molecule has 2 atom stereocenters. The third-order valence-corrected chi connectivity index (χ3v) is 3.86. The maximum Gasteiger partial charge on any atom is 0.308 e. The van der Waals surface area contributed by atoms with Crippen molar-refractivity contribution in [2.45, 2.75) is 25.3 Å². The lowest BCUT2D eigenvalue weighted by Crippen LogP contribution is -2.40. The van der Waals surface area contributed by atoms with Crippen LogP contribution in [0.5, 0.6) is 0 Å². The summed E-state index contributed by atoms with van der Waals surface area (Å²) in [6, 6.07) is -0.485. The van der Waals surface area contributed by atoms with E-state index in [1.165, 1.54) is 0 Å². The van der Waals surface area contributed by atoms with Gasteiger partial charge in [0.1, 0.15) is 0 Å². The van der Waals surface area contributed by atoms with Gasteiger partial charge in [-0.1, -0.05) is 0 Å². The average molecular weight is 295 g/mol. The van der Waals surface area contributed by atoms with Crippen LogP contribution >= 0.6 is 0 Å². The molecule has 0 spiro atoms. The SMILES string of the molecule is COCCN1C(=O)CCCC(C(=O)O)C1c1cnn(C)c1. The molecule has 0 bridgehead atoms. The smallest absolute Gasteiger partial charge is 0.308 e. The second-order valence-corrected chi connectivity index (χ2v) is 5.31. The van der Waals surface area contributed by atoms with Crippen LogP contribution in [0.2, 0.25) is 0 Å². The molecule has 2 unspecified atom stereocenters. The van der Waals surface area contributed by atoms with Crippen LogP contribution in [0.4, 0.5) is 0 Å². The number of aromatic nitrogens is 2. The number of likely N-dealkylation sites (tertiary alicyclic amines) is 1. The van der Waals surface area contributed by atoms with Crippen molar-refractivity contribution in [3.8, 4) is 0 Å². The van der Waals surface area contributed by atoms with Crippen LogP contribution in [-0.2, 0) is 21.4 Å². The van der Waals surface area contributed by atoms with E-state index >= 15 is 0 Å². The summed E-state index contributed by atoms with van der Waals surface area (Å²) < 4.78 is 6.68. The number of ether oxygens (including phenoxy) is 1. The van der Waals surface area contributed by atoms with Crippen molar-refractivity contribution in [1.29, 1.82) is 0 Å². The van der Waals surface area contributed by atoms with Gasteiger partial charge in [-0.3, -0.25) is 14.3 Å². The Labute approximate surface area is 123 Å². The largest absolute Gasteiger partial charge is 0.481 e. The summed E-state index contributed by atoms with van der Waals surface area (Å²) in [6.07, 6.45) is 4.88. The second kappa shape index (κ2) is 6.71. The van der Waals surface area contributed by atoms with Crippen LogP contribution in [0.25, 0.3) is 0 Å². The number of carbonyl (C=O) groups is 2. The molecule has 1 aliphatic heterocycles. The molecule has 2 heterocycles. The number of carbonyl (C=O) groups excluding carboxylic acids is 1. The number of methoxy groups -OCH3 is 1. The number of nitrogens with zero attached hydrogens (tertiary/aromatic N) is 3. The van der Waals surface area contributed by atoms with E-state index in [4.69, 9.17) is 4.74 Å². The Morgan fingerprint density at radius 2 is 2.33 bits per heavy atom. The molecule has 1 saturated heterocycles. The summed E-state index contributed by atoms with van der Waals surface area (Å²) in [7, 11) is 3.34. The van der Waals surface area contributed by atoms with E-state index in [-0.39, 0.29) is 5.91 Å². The van der Waals surface area contributed by atoms with Crippen molar-refractivity contribution in [3.05, 3.63) is 18.0 Å². The topological polar surface area (TPSA) is 84.7 Å². The van der Waals surface area contributed by atoms with Gasteiger partial charge in [-0.15, -0.1) is 0 Å². The van der Waals surface area contributed by atoms with Gasteiger partial charge in [0, 0.05) is 38.9 Å². The monoisotopic (exact) mass is 295 g/mol. The summed E-state index contributed by atoms with van der Waals surface area (Å²) in [6.45, 7) is 0.771. The maximum atomic E-state index is 12.3.